The SMILES string of the molecule is CCc1cc(CCc2cc(C(=O)NC)cc(OC)c2F)cnc1N=C(C=NCC(=O)N1CCCC1)CN. The quantitative estimate of drug-likeness (QED) is 0.450. The summed E-state index contributed by atoms with van der Waals surface area (Å²) in [6.45, 7) is 3.83. The Bertz CT molecular complexity index is 1170. The maximum Gasteiger partial charge on any atom is 0.251 e. The van der Waals surface area contributed by atoms with E-state index in [0.29, 0.717) is 41.9 Å². The van der Waals surface area contributed by atoms with Crippen molar-refractivity contribution in [3.05, 3.63) is 52.5 Å². The normalized spacial score (nSPS) is 13.9. The van der Waals surface area contributed by atoms with Crippen LogP contribution in [0.3, 0.4) is 0 Å². The second-order valence-electron chi connectivity index (χ2n) is 8.78. The van der Waals surface area contributed by atoms with E-state index < -0.39 is 5.82 Å². The van der Waals surface area contributed by atoms with Crippen molar-refractivity contribution < 1.29 is 18.7 Å². The molecule has 1 aromatic heterocycles. The van der Waals surface area contributed by atoms with Gasteiger partial charge in [0.05, 0.1) is 12.8 Å². The second-order valence-corrected chi connectivity index (χ2v) is 8.78. The number of benzene rings is 1. The number of nitrogens with zero attached hydrogens (tertiary/aromatic N) is 4. The summed E-state index contributed by atoms with van der Waals surface area (Å²) in [7, 11) is 2.90. The third kappa shape index (κ3) is 7.42. The van der Waals surface area contributed by atoms with Gasteiger partial charge in [-0.25, -0.2) is 14.4 Å². The zero-order chi connectivity index (χ0) is 26.8. The van der Waals surface area contributed by atoms with Gasteiger partial charge in [0.1, 0.15) is 6.54 Å². The highest BCUT2D eigenvalue weighted by atomic mass is 19.1. The van der Waals surface area contributed by atoms with Gasteiger partial charge >= 0.3 is 0 Å². The van der Waals surface area contributed by atoms with Gasteiger partial charge in [-0.1, -0.05) is 13.0 Å². The Labute approximate surface area is 217 Å². The number of carbonyl (C=O) groups is 2. The topological polar surface area (TPSA) is 122 Å². The summed E-state index contributed by atoms with van der Waals surface area (Å²) in [5.74, 6) is -0.201. The smallest absolute Gasteiger partial charge is 0.251 e. The average molecular weight is 511 g/mol. The van der Waals surface area contributed by atoms with Crippen molar-refractivity contribution in [2.45, 2.75) is 39.0 Å². The lowest BCUT2D eigenvalue weighted by molar-refractivity contribution is -0.128. The number of ether oxygens (including phenoxy) is 1. The van der Waals surface area contributed by atoms with Gasteiger partial charge in [-0.2, -0.15) is 0 Å². The number of pyridine rings is 1. The Hall–Kier alpha value is -3.66. The summed E-state index contributed by atoms with van der Waals surface area (Å²) in [4.78, 5) is 39.4. The Kier molecular flexibility index (Phi) is 10.3. The molecular weight excluding hydrogens is 475 g/mol. The van der Waals surface area contributed by atoms with Crippen molar-refractivity contribution in [1.29, 1.82) is 0 Å². The number of carbonyl (C=O) groups excluding carboxylic acids is 2. The van der Waals surface area contributed by atoms with Crippen LogP contribution in [0.4, 0.5) is 10.2 Å². The summed E-state index contributed by atoms with van der Waals surface area (Å²) in [5.41, 5.74) is 8.95. The molecule has 2 amide bonds. The van der Waals surface area contributed by atoms with E-state index in [-0.39, 0.29) is 30.7 Å². The highest BCUT2D eigenvalue weighted by molar-refractivity contribution is 6.32. The van der Waals surface area contributed by atoms with Crippen LogP contribution in [0, 0.1) is 5.82 Å². The first kappa shape index (κ1) is 27.9. The molecule has 0 bridgehead atoms. The molecule has 198 valence electrons. The lowest BCUT2D eigenvalue weighted by Crippen LogP contribution is -2.29. The molecule has 1 fully saturated rings. The molecular formula is C27H35FN6O3. The van der Waals surface area contributed by atoms with Gasteiger partial charge in [0.15, 0.2) is 17.4 Å². The Morgan fingerprint density at radius 2 is 1.97 bits per heavy atom. The van der Waals surface area contributed by atoms with Gasteiger partial charge in [0, 0.05) is 44.7 Å². The van der Waals surface area contributed by atoms with E-state index >= 15 is 0 Å². The van der Waals surface area contributed by atoms with Crippen LogP contribution in [0.15, 0.2) is 34.4 Å². The molecule has 0 saturated carbocycles. The monoisotopic (exact) mass is 510 g/mol. The number of aromatic nitrogens is 1. The fraction of sp³-hybridized carbons (Fsp3) is 0.444. The number of rotatable bonds is 11. The highest BCUT2D eigenvalue weighted by Crippen LogP contribution is 2.25. The van der Waals surface area contributed by atoms with Crippen LogP contribution in [0.5, 0.6) is 5.75 Å². The highest BCUT2D eigenvalue weighted by Gasteiger charge is 2.17. The molecule has 3 N–H and O–H groups in total. The van der Waals surface area contributed by atoms with E-state index in [1.165, 1.54) is 20.2 Å². The molecule has 0 aliphatic carbocycles. The fourth-order valence-electron chi connectivity index (χ4n) is 4.15. The average Bonchev–Trinajstić information content (AvgIpc) is 3.47. The Balaban J connectivity index is 1.72. The van der Waals surface area contributed by atoms with Gasteiger partial charge in [0.2, 0.25) is 5.91 Å². The van der Waals surface area contributed by atoms with Gasteiger partial charge in [-0.05, 0) is 60.9 Å². The van der Waals surface area contributed by atoms with E-state index in [2.05, 4.69) is 20.3 Å². The molecule has 0 unspecified atom stereocenters. The maximum absolute atomic E-state index is 14.8. The number of aryl methyl sites for hydroxylation is 3. The minimum Gasteiger partial charge on any atom is -0.494 e. The summed E-state index contributed by atoms with van der Waals surface area (Å²) in [6.07, 6.45) is 6.90. The molecule has 10 heteroatoms. The number of amides is 2. The Morgan fingerprint density at radius 3 is 2.62 bits per heavy atom. The van der Waals surface area contributed by atoms with Crippen molar-refractivity contribution in [3.63, 3.8) is 0 Å². The molecule has 2 heterocycles. The van der Waals surface area contributed by atoms with Crippen molar-refractivity contribution in [2.75, 3.05) is 40.3 Å². The van der Waals surface area contributed by atoms with Crippen LogP contribution < -0.4 is 15.8 Å². The predicted molar refractivity (Wildman–Crippen MR) is 143 cm³/mol. The van der Waals surface area contributed by atoms with Crippen LogP contribution in [-0.2, 0) is 24.1 Å². The predicted octanol–water partition coefficient (Wildman–Crippen LogP) is 2.66. The lowest BCUT2D eigenvalue weighted by atomic mass is 10.0. The standard InChI is InChI=1S/C27H35FN6O3/c1-4-19-11-18(7-8-20-12-21(27(36)30-2)13-23(37-3)25(20)28)15-32-26(19)33-22(14-29)16-31-17-24(35)34-9-5-6-10-34/h11-13,15-16H,4-10,14,17,29H2,1-3H3,(H,30,36). The molecule has 2 aromatic rings. The molecule has 3 rings (SSSR count). The zero-order valence-electron chi connectivity index (χ0n) is 21.7. The number of halogens is 1. The third-order valence-electron chi connectivity index (χ3n) is 6.27. The largest absolute Gasteiger partial charge is 0.494 e. The molecule has 1 aromatic carbocycles. The lowest BCUT2D eigenvalue weighted by Gasteiger charge is -2.13. The van der Waals surface area contributed by atoms with E-state index in [1.54, 1.807) is 18.5 Å². The fourth-order valence-corrected chi connectivity index (χ4v) is 4.15. The van der Waals surface area contributed by atoms with Crippen LogP contribution in [-0.4, -0.2) is 74.0 Å². The van der Waals surface area contributed by atoms with Crippen LogP contribution >= 0.6 is 0 Å². The van der Waals surface area contributed by atoms with E-state index in [1.807, 2.05) is 17.9 Å². The van der Waals surface area contributed by atoms with E-state index in [9.17, 15) is 14.0 Å². The molecule has 1 aliphatic rings. The molecule has 1 aliphatic heterocycles. The van der Waals surface area contributed by atoms with Crippen molar-refractivity contribution in [2.24, 2.45) is 15.7 Å². The van der Waals surface area contributed by atoms with Crippen molar-refractivity contribution in [3.8, 4) is 5.75 Å². The number of nitrogens with one attached hydrogen (secondary N) is 1. The second kappa shape index (κ2) is 13.6. The number of hydrogen-bond acceptors (Lipinski definition) is 7. The number of likely N-dealkylation sites (tertiary alicyclic amines) is 1. The minimum absolute atomic E-state index is 0.0109. The molecule has 9 nitrogen and oxygen atoms in total. The number of hydrogen-bond donors (Lipinski definition) is 2. The molecule has 0 spiro atoms. The molecule has 0 radical (unpaired) electrons. The summed E-state index contributed by atoms with van der Waals surface area (Å²) >= 11 is 0. The van der Waals surface area contributed by atoms with Crippen LogP contribution in [0.2, 0.25) is 0 Å². The van der Waals surface area contributed by atoms with E-state index in [0.717, 1.165) is 37.1 Å². The number of methoxy groups -OCH3 is 1. The first-order valence-corrected chi connectivity index (χ1v) is 12.5. The molecule has 0 atom stereocenters. The summed E-state index contributed by atoms with van der Waals surface area (Å²) < 4.78 is 19.9. The first-order chi connectivity index (χ1) is 17.9. The van der Waals surface area contributed by atoms with Crippen molar-refractivity contribution in [1.82, 2.24) is 15.2 Å². The van der Waals surface area contributed by atoms with Crippen LogP contribution in [0.1, 0.15) is 46.8 Å². The molecule has 37 heavy (non-hydrogen) atoms. The number of aliphatic imine (C=N–C) groups is 2. The summed E-state index contributed by atoms with van der Waals surface area (Å²) in [6, 6.07) is 4.93. The van der Waals surface area contributed by atoms with Gasteiger partial charge in [-0.3, -0.25) is 14.6 Å². The van der Waals surface area contributed by atoms with E-state index in [4.69, 9.17) is 10.5 Å². The molecule has 1 saturated heterocycles. The third-order valence-corrected chi connectivity index (χ3v) is 6.27. The summed E-state index contributed by atoms with van der Waals surface area (Å²) in [5, 5.41) is 2.55. The zero-order valence-corrected chi connectivity index (χ0v) is 21.7. The van der Waals surface area contributed by atoms with Gasteiger partial charge < -0.3 is 20.7 Å². The van der Waals surface area contributed by atoms with Gasteiger partial charge in [-0.15, -0.1) is 0 Å². The Morgan fingerprint density at radius 1 is 1.22 bits per heavy atom. The van der Waals surface area contributed by atoms with Crippen LogP contribution in [0.25, 0.3) is 0 Å². The minimum atomic E-state index is -0.477. The van der Waals surface area contributed by atoms with Gasteiger partial charge in [0.25, 0.3) is 5.91 Å². The number of nitrogens with two attached hydrogens (primary N) is 1. The first-order valence-electron chi connectivity index (χ1n) is 12.5. The maximum atomic E-state index is 14.8. The van der Waals surface area contributed by atoms with Crippen molar-refractivity contribution >= 4 is 29.6 Å².